The minimum atomic E-state index is -5.01. The largest absolute Gasteiger partial charge is 0.472 e. The van der Waals surface area contributed by atoms with Crippen LogP contribution in [-0.2, 0) is 65.4 Å². The van der Waals surface area contributed by atoms with Crippen molar-refractivity contribution in [2.45, 2.75) is 341 Å². The molecule has 0 rings (SSSR count). The number of carbonyl (C=O) groups is 4. The van der Waals surface area contributed by atoms with Gasteiger partial charge >= 0.3 is 39.5 Å². The first-order chi connectivity index (χ1) is 51.7. The molecule has 0 aromatic carbocycles. The highest BCUT2D eigenvalue weighted by molar-refractivity contribution is 7.47. The van der Waals surface area contributed by atoms with Gasteiger partial charge in [0.05, 0.1) is 26.4 Å². The predicted octanol–water partition coefficient (Wildman–Crippen LogP) is 24.2. The van der Waals surface area contributed by atoms with Gasteiger partial charge in [-0.15, -0.1) is 0 Å². The topological polar surface area (TPSA) is 237 Å². The van der Waals surface area contributed by atoms with Crippen LogP contribution in [0, 0.1) is 0 Å². The number of carbonyl (C=O) groups excluding carboxylic acids is 4. The summed E-state index contributed by atoms with van der Waals surface area (Å²) >= 11 is 0. The van der Waals surface area contributed by atoms with Crippen LogP contribution >= 0.6 is 15.6 Å². The van der Waals surface area contributed by atoms with Crippen LogP contribution in [0.25, 0.3) is 0 Å². The number of rotatable bonds is 76. The first kappa shape index (κ1) is 101. The van der Waals surface area contributed by atoms with E-state index in [2.05, 4.69) is 155 Å². The average molecular weight is 1530 g/mol. The lowest BCUT2D eigenvalue weighted by Gasteiger charge is -2.21. The number of ether oxygens (including phenoxy) is 4. The van der Waals surface area contributed by atoms with Gasteiger partial charge < -0.3 is 33.8 Å². The molecule has 0 aliphatic carbocycles. The number of hydrogen-bond donors (Lipinski definition) is 3. The van der Waals surface area contributed by atoms with E-state index in [1.807, 2.05) is 18.2 Å². The molecule has 0 saturated heterocycles. The van der Waals surface area contributed by atoms with Crippen LogP contribution in [0.2, 0.25) is 0 Å². The second-order valence-corrected chi connectivity index (χ2v) is 29.9. The van der Waals surface area contributed by atoms with Gasteiger partial charge in [-0.1, -0.05) is 283 Å². The third-order valence-electron chi connectivity index (χ3n) is 16.8. The highest BCUT2D eigenvalue weighted by atomic mass is 31.2. The van der Waals surface area contributed by atoms with Gasteiger partial charge in [0.15, 0.2) is 12.2 Å². The van der Waals surface area contributed by atoms with E-state index < -0.39 is 97.5 Å². The van der Waals surface area contributed by atoms with Gasteiger partial charge in [0.25, 0.3) is 0 Å². The zero-order valence-electron chi connectivity index (χ0n) is 66.3. The molecule has 0 spiro atoms. The fraction of sp³-hybridized carbons (Fsp3) is 0.678. The molecule has 0 bridgehead atoms. The van der Waals surface area contributed by atoms with Crippen molar-refractivity contribution >= 4 is 39.5 Å². The van der Waals surface area contributed by atoms with Crippen molar-refractivity contribution in [3.63, 3.8) is 0 Å². The first-order valence-corrected chi connectivity index (χ1v) is 44.1. The molecule has 0 aliphatic heterocycles. The number of aliphatic hydroxyl groups is 1. The predicted molar refractivity (Wildman–Crippen MR) is 436 cm³/mol. The Morgan fingerprint density at radius 1 is 0.274 bits per heavy atom. The van der Waals surface area contributed by atoms with E-state index in [0.717, 1.165) is 154 Å². The van der Waals surface area contributed by atoms with Crippen LogP contribution in [0.5, 0.6) is 0 Å². The Labute approximate surface area is 643 Å². The van der Waals surface area contributed by atoms with E-state index in [-0.39, 0.29) is 25.7 Å². The standard InChI is InChI=1S/C87H146O17P2/c1-5-9-13-17-21-25-29-33-36-38-40-42-45-49-53-57-61-65-69-73-86(91)103-82(77-97-84(89)71-67-63-59-55-51-47-32-28-24-20-16-12-8-4)79-101-105(93,94)99-75-81(88)76-100-106(95,96)102-80-83(78-98-85(90)72-68-64-60-56-52-48-44-35-31-27-23-19-15-11-7-3)104-87(92)74-70-66-62-58-54-50-46-43-41-39-37-34-30-26-22-18-14-10-6-2/h10,14,21-22,25-26,28,32-37,40-44,49-50,53-54,61,65,81-83,88H,5-9,11-13,15-20,23-24,27,29-31,38-39,45-48,51-52,55-60,62-64,66-80H2,1-4H3,(H,93,94)(H,95,96)/b14-10-,25-21-,26-22-,32-28-,36-33-,37-34-,42-40-,43-41-,44-35-,53-49-,54-50-,65-61-/t81-,82+,83+/m0/s1. The minimum absolute atomic E-state index is 0.0341. The number of hydrogen-bond acceptors (Lipinski definition) is 15. The molecule has 0 amide bonds. The molecule has 0 aromatic rings. The quantitative estimate of drug-likeness (QED) is 0.0169. The van der Waals surface area contributed by atoms with E-state index in [4.69, 9.17) is 37.0 Å². The van der Waals surface area contributed by atoms with Crippen LogP contribution in [0.4, 0.5) is 0 Å². The molecular formula is C87H146O17P2. The van der Waals surface area contributed by atoms with Gasteiger partial charge in [-0.05, 0) is 161 Å². The number of unbranched alkanes of at least 4 members (excludes halogenated alkanes) is 26. The Morgan fingerprint density at radius 3 is 0.858 bits per heavy atom. The summed E-state index contributed by atoms with van der Waals surface area (Å²) in [6.07, 6.45) is 89.8. The van der Waals surface area contributed by atoms with Crippen LogP contribution in [0.3, 0.4) is 0 Å². The molecule has 5 atom stereocenters. The van der Waals surface area contributed by atoms with Crippen molar-refractivity contribution in [3.05, 3.63) is 146 Å². The molecule has 2 unspecified atom stereocenters. The minimum Gasteiger partial charge on any atom is -0.462 e. The molecule has 0 aliphatic rings. The van der Waals surface area contributed by atoms with Crippen LogP contribution < -0.4 is 0 Å². The van der Waals surface area contributed by atoms with Crippen molar-refractivity contribution in [3.8, 4) is 0 Å². The van der Waals surface area contributed by atoms with Gasteiger partial charge in [0.1, 0.15) is 19.3 Å². The fourth-order valence-corrected chi connectivity index (χ4v) is 12.1. The Hall–Kier alpha value is -5.06. The van der Waals surface area contributed by atoms with Gasteiger partial charge in [0, 0.05) is 25.7 Å². The third-order valence-corrected chi connectivity index (χ3v) is 18.7. The zero-order valence-corrected chi connectivity index (χ0v) is 68.1. The molecule has 0 aromatic heterocycles. The summed E-state index contributed by atoms with van der Waals surface area (Å²) in [4.78, 5) is 73.0. The van der Waals surface area contributed by atoms with Crippen molar-refractivity contribution in [1.82, 2.24) is 0 Å². The van der Waals surface area contributed by atoms with E-state index in [1.165, 1.54) is 83.5 Å². The summed E-state index contributed by atoms with van der Waals surface area (Å²) in [5.74, 6) is -2.33. The highest BCUT2D eigenvalue weighted by Gasteiger charge is 2.30. The lowest BCUT2D eigenvalue weighted by molar-refractivity contribution is -0.161. The van der Waals surface area contributed by atoms with Gasteiger partial charge in [0.2, 0.25) is 0 Å². The summed E-state index contributed by atoms with van der Waals surface area (Å²) in [5.41, 5.74) is 0. The van der Waals surface area contributed by atoms with E-state index in [9.17, 15) is 43.2 Å². The Morgan fingerprint density at radius 2 is 0.509 bits per heavy atom. The highest BCUT2D eigenvalue weighted by Crippen LogP contribution is 2.45. The summed E-state index contributed by atoms with van der Waals surface area (Å²) < 4.78 is 68.5. The maximum atomic E-state index is 13.1. The SMILES string of the molecule is CC/C=C\C/C=C\C/C=C\C/C=C\C/C=C\CCCCCC(=O)O[C@H](COC(=O)CCCCCCC/C=C\CCCCCCCC)COP(=O)(O)OC[C@@H](O)COP(=O)(O)OC[C@@H](COC(=O)CCCCCCC/C=C\CCCCCC)OC(=O)CC/C=C\C/C=C\C/C=C\C/C=C\C/C=C\CCCCC. The van der Waals surface area contributed by atoms with Gasteiger partial charge in [-0.2, -0.15) is 0 Å². The van der Waals surface area contributed by atoms with E-state index in [1.54, 1.807) is 0 Å². The Bertz CT molecular complexity index is 2580. The average Bonchev–Trinajstić information content (AvgIpc) is 1.23. The van der Waals surface area contributed by atoms with Gasteiger partial charge in [-0.25, -0.2) is 9.13 Å². The molecule has 19 heteroatoms. The number of allylic oxidation sites excluding steroid dienone is 24. The Balaban J connectivity index is 5.48. The molecule has 17 nitrogen and oxygen atoms in total. The smallest absolute Gasteiger partial charge is 0.462 e. The van der Waals surface area contributed by atoms with Gasteiger partial charge in [-0.3, -0.25) is 37.3 Å². The maximum absolute atomic E-state index is 13.1. The fourth-order valence-electron chi connectivity index (χ4n) is 10.5. The molecule has 3 N–H and O–H groups in total. The lowest BCUT2D eigenvalue weighted by Crippen LogP contribution is -2.30. The lowest BCUT2D eigenvalue weighted by atomic mass is 10.1. The third kappa shape index (κ3) is 77.1. The molecule has 606 valence electrons. The van der Waals surface area contributed by atoms with E-state index in [0.29, 0.717) is 32.1 Å². The van der Waals surface area contributed by atoms with Crippen molar-refractivity contribution in [1.29, 1.82) is 0 Å². The second kappa shape index (κ2) is 78.1. The Kier molecular flexibility index (Phi) is 74.3. The number of esters is 4. The summed E-state index contributed by atoms with van der Waals surface area (Å²) in [6, 6.07) is 0. The van der Waals surface area contributed by atoms with E-state index >= 15 is 0 Å². The normalized spacial score (nSPS) is 14.6. The van der Waals surface area contributed by atoms with Crippen LogP contribution in [-0.4, -0.2) is 96.7 Å². The molecular weight excluding hydrogens is 1380 g/mol. The molecule has 106 heavy (non-hydrogen) atoms. The summed E-state index contributed by atoms with van der Waals surface area (Å²) in [7, 11) is -10.0. The second-order valence-electron chi connectivity index (χ2n) is 27.0. The maximum Gasteiger partial charge on any atom is 0.472 e. The van der Waals surface area contributed by atoms with Crippen molar-refractivity contribution in [2.24, 2.45) is 0 Å². The zero-order chi connectivity index (χ0) is 77.4. The van der Waals surface area contributed by atoms with Crippen LogP contribution in [0.1, 0.15) is 323 Å². The molecule has 0 fully saturated rings. The molecule has 0 saturated carbocycles. The van der Waals surface area contributed by atoms with Crippen molar-refractivity contribution < 1.29 is 80.2 Å². The molecule has 0 radical (unpaired) electrons. The van der Waals surface area contributed by atoms with Crippen molar-refractivity contribution in [2.75, 3.05) is 39.6 Å². The summed E-state index contributed by atoms with van der Waals surface area (Å²) in [6.45, 7) is 4.58. The molecule has 0 heterocycles. The first-order valence-electron chi connectivity index (χ1n) is 41.1. The number of aliphatic hydroxyl groups excluding tert-OH is 1. The monoisotopic (exact) mass is 1530 g/mol. The van der Waals surface area contributed by atoms with Crippen LogP contribution in [0.15, 0.2) is 146 Å². The number of phosphoric ester groups is 2. The number of phosphoric acid groups is 2. The summed E-state index contributed by atoms with van der Waals surface area (Å²) in [5, 5.41) is 10.6.